The molecule has 0 spiro atoms. The van der Waals surface area contributed by atoms with Gasteiger partial charge in [0.15, 0.2) is 0 Å². The van der Waals surface area contributed by atoms with Crippen LogP contribution in [-0.4, -0.2) is 30.5 Å². The van der Waals surface area contributed by atoms with Crippen molar-refractivity contribution in [1.29, 1.82) is 0 Å². The number of carbonyl (C=O) groups is 1. The number of halogens is 2. The molecule has 138 valence electrons. The molecule has 0 bridgehead atoms. The molecule has 1 saturated heterocycles. The van der Waals surface area contributed by atoms with Crippen molar-refractivity contribution >= 4 is 5.91 Å². The van der Waals surface area contributed by atoms with Crippen LogP contribution >= 0.6 is 0 Å². The van der Waals surface area contributed by atoms with Gasteiger partial charge in [-0.05, 0) is 61.3 Å². The predicted octanol–water partition coefficient (Wildman–Crippen LogP) is 3.81. The summed E-state index contributed by atoms with van der Waals surface area (Å²) < 4.78 is 28.5. The Bertz CT molecular complexity index is 712. The van der Waals surface area contributed by atoms with Crippen molar-refractivity contribution in [2.45, 2.75) is 32.5 Å². The van der Waals surface area contributed by atoms with Gasteiger partial charge in [-0.3, -0.25) is 9.69 Å². The quantitative estimate of drug-likeness (QED) is 0.816. The monoisotopic (exact) mass is 360 g/mol. The van der Waals surface area contributed by atoms with Crippen LogP contribution in [0.4, 0.5) is 8.78 Å². The number of benzene rings is 2. The topological polar surface area (TPSA) is 41.6 Å². The van der Waals surface area contributed by atoms with Gasteiger partial charge in [0.25, 0.3) is 5.91 Å². The summed E-state index contributed by atoms with van der Waals surface area (Å²) in [4.78, 5) is 14.6. The number of alkyl halides is 2. The number of nitrogens with one attached hydrogen (secondary N) is 1. The third kappa shape index (κ3) is 5.26. The second kappa shape index (κ2) is 8.76. The highest BCUT2D eigenvalue weighted by atomic mass is 19.3. The van der Waals surface area contributed by atoms with E-state index in [-0.39, 0.29) is 11.7 Å². The molecule has 4 nitrogen and oxygen atoms in total. The van der Waals surface area contributed by atoms with Gasteiger partial charge < -0.3 is 10.1 Å². The fraction of sp³-hybridized carbons (Fsp3) is 0.350. The Labute approximate surface area is 151 Å². The van der Waals surface area contributed by atoms with E-state index in [1.165, 1.54) is 55.8 Å². The van der Waals surface area contributed by atoms with E-state index in [0.717, 1.165) is 12.1 Å². The zero-order valence-electron chi connectivity index (χ0n) is 14.5. The molecule has 3 rings (SSSR count). The standard InChI is InChI=1S/C20H22F2N2O2/c21-20(22)26-18-9-7-17(8-10-18)19(25)23-13-15-3-5-16(6-4-15)14-24-11-1-2-12-24/h3-10,20H,1-2,11-14H2,(H,23,25). The molecule has 1 aliphatic rings. The summed E-state index contributed by atoms with van der Waals surface area (Å²) in [7, 11) is 0. The number of hydrogen-bond acceptors (Lipinski definition) is 3. The summed E-state index contributed by atoms with van der Waals surface area (Å²) in [5.74, 6) is -0.222. The number of nitrogens with zero attached hydrogens (tertiary/aromatic N) is 1. The first-order valence-corrected chi connectivity index (χ1v) is 8.73. The molecule has 1 fully saturated rings. The van der Waals surface area contributed by atoms with Crippen LogP contribution in [-0.2, 0) is 13.1 Å². The minimum atomic E-state index is -2.87. The fourth-order valence-corrected chi connectivity index (χ4v) is 3.03. The highest BCUT2D eigenvalue weighted by Crippen LogP contribution is 2.16. The van der Waals surface area contributed by atoms with E-state index in [4.69, 9.17) is 0 Å². The molecule has 26 heavy (non-hydrogen) atoms. The zero-order valence-corrected chi connectivity index (χ0v) is 14.5. The van der Waals surface area contributed by atoms with Crippen LogP contribution in [0.2, 0.25) is 0 Å². The van der Waals surface area contributed by atoms with E-state index in [2.05, 4.69) is 27.1 Å². The van der Waals surface area contributed by atoms with Gasteiger partial charge in [0.05, 0.1) is 0 Å². The van der Waals surface area contributed by atoms with Crippen molar-refractivity contribution in [3.05, 3.63) is 65.2 Å². The molecular weight excluding hydrogens is 338 g/mol. The van der Waals surface area contributed by atoms with Crippen molar-refractivity contribution in [3.63, 3.8) is 0 Å². The van der Waals surface area contributed by atoms with Crippen molar-refractivity contribution in [3.8, 4) is 5.75 Å². The average molecular weight is 360 g/mol. The lowest BCUT2D eigenvalue weighted by atomic mass is 10.1. The summed E-state index contributed by atoms with van der Waals surface area (Å²) in [6, 6.07) is 13.9. The summed E-state index contributed by atoms with van der Waals surface area (Å²) >= 11 is 0. The van der Waals surface area contributed by atoms with Crippen molar-refractivity contribution in [2.75, 3.05) is 13.1 Å². The van der Waals surface area contributed by atoms with Gasteiger partial charge in [0, 0.05) is 18.7 Å². The summed E-state index contributed by atoms with van der Waals surface area (Å²) in [5.41, 5.74) is 2.69. The molecule has 0 radical (unpaired) electrons. The van der Waals surface area contributed by atoms with Gasteiger partial charge in [-0.1, -0.05) is 24.3 Å². The second-order valence-electron chi connectivity index (χ2n) is 6.39. The molecule has 1 heterocycles. The molecule has 1 N–H and O–H groups in total. The van der Waals surface area contributed by atoms with Crippen LogP contribution < -0.4 is 10.1 Å². The third-order valence-corrected chi connectivity index (χ3v) is 4.42. The maximum atomic E-state index is 12.1. The Morgan fingerprint density at radius 1 is 1.00 bits per heavy atom. The summed E-state index contributed by atoms with van der Waals surface area (Å²) in [6.07, 6.45) is 2.55. The third-order valence-electron chi connectivity index (χ3n) is 4.42. The molecule has 0 atom stereocenters. The summed E-state index contributed by atoms with van der Waals surface area (Å²) in [6.45, 7) is 0.846. The van der Waals surface area contributed by atoms with E-state index in [1.54, 1.807) is 0 Å². The van der Waals surface area contributed by atoms with Crippen LogP contribution in [0.1, 0.15) is 34.3 Å². The average Bonchev–Trinajstić information content (AvgIpc) is 3.14. The zero-order chi connectivity index (χ0) is 18.4. The van der Waals surface area contributed by atoms with Crippen LogP contribution in [0.25, 0.3) is 0 Å². The predicted molar refractivity (Wildman–Crippen MR) is 95.2 cm³/mol. The van der Waals surface area contributed by atoms with E-state index >= 15 is 0 Å². The van der Waals surface area contributed by atoms with Gasteiger partial charge in [0.2, 0.25) is 0 Å². The number of hydrogen-bond donors (Lipinski definition) is 1. The van der Waals surface area contributed by atoms with Gasteiger partial charge >= 0.3 is 6.61 Å². The lowest BCUT2D eigenvalue weighted by molar-refractivity contribution is -0.0498. The van der Waals surface area contributed by atoms with E-state index in [9.17, 15) is 13.6 Å². The first-order chi connectivity index (χ1) is 12.6. The number of likely N-dealkylation sites (tertiary alicyclic amines) is 1. The lowest BCUT2D eigenvalue weighted by Crippen LogP contribution is -2.22. The molecular formula is C20H22F2N2O2. The van der Waals surface area contributed by atoms with Gasteiger partial charge in [-0.2, -0.15) is 8.78 Å². The largest absolute Gasteiger partial charge is 0.435 e. The second-order valence-corrected chi connectivity index (χ2v) is 6.39. The first kappa shape index (κ1) is 18.3. The number of ether oxygens (including phenoxy) is 1. The van der Waals surface area contributed by atoms with Gasteiger partial charge in [-0.25, -0.2) is 0 Å². The highest BCUT2D eigenvalue weighted by Gasteiger charge is 2.12. The molecule has 6 heteroatoms. The number of carbonyl (C=O) groups excluding carboxylic acids is 1. The molecule has 1 amide bonds. The molecule has 0 saturated carbocycles. The molecule has 2 aromatic carbocycles. The molecule has 1 aliphatic heterocycles. The Balaban J connectivity index is 1.49. The van der Waals surface area contributed by atoms with Crippen LogP contribution in [0, 0.1) is 0 Å². The minimum Gasteiger partial charge on any atom is -0.435 e. The molecule has 0 aromatic heterocycles. The van der Waals surface area contributed by atoms with Crippen molar-refractivity contribution in [1.82, 2.24) is 10.2 Å². The van der Waals surface area contributed by atoms with Crippen molar-refractivity contribution < 1.29 is 18.3 Å². The Hall–Kier alpha value is -2.47. The smallest absolute Gasteiger partial charge is 0.387 e. The maximum Gasteiger partial charge on any atom is 0.387 e. The van der Waals surface area contributed by atoms with Gasteiger partial charge in [0.1, 0.15) is 5.75 Å². The fourth-order valence-electron chi connectivity index (χ4n) is 3.03. The van der Waals surface area contributed by atoms with Gasteiger partial charge in [-0.15, -0.1) is 0 Å². The SMILES string of the molecule is O=C(NCc1ccc(CN2CCCC2)cc1)c1ccc(OC(F)F)cc1. The Kier molecular flexibility index (Phi) is 6.17. The maximum absolute atomic E-state index is 12.1. The van der Waals surface area contributed by atoms with Crippen molar-refractivity contribution in [2.24, 2.45) is 0 Å². The molecule has 0 unspecified atom stereocenters. The summed E-state index contributed by atoms with van der Waals surface area (Å²) in [5, 5.41) is 2.83. The Morgan fingerprint density at radius 2 is 1.62 bits per heavy atom. The first-order valence-electron chi connectivity index (χ1n) is 8.73. The lowest BCUT2D eigenvalue weighted by Gasteiger charge is -2.14. The number of amides is 1. The van der Waals surface area contributed by atoms with Crippen LogP contribution in [0.3, 0.4) is 0 Å². The van der Waals surface area contributed by atoms with Crippen LogP contribution in [0.15, 0.2) is 48.5 Å². The molecule has 2 aromatic rings. The number of rotatable bonds is 7. The van der Waals surface area contributed by atoms with E-state index in [0.29, 0.717) is 12.1 Å². The Morgan fingerprint density at radius 3 is 2.23 bits per heavy atom. The van der Waals surface area contributed by atoms with Crippen LogP contribution in [0.5, 0.6) is 5.75 Å². The molecule has 0 aliphatic carbocycles. The van der Waals surface area contributed by atoms with E-state index < -0.39 is 6.61 Å². The normalized spacial score (nSPS) is 14.6. The van der Waals surface area contributed by atoms with E-state index in [1.807, 2.05) is 12.1 Å². The highest BCUT2D eigenvalue weighted by molar-refractivity contribution is 5.94. The minimum absolute atomic E-state index is 0.0325.